The standard InChI is InChI=1S/C22H20N2O6/c1-15(16-6-5-9-18(12-16)29-14-21(25)26)23-24-22(27)20-11-10-19(30-20)13-28-17-7-3-2-4-8-17/h2-12H,13-14H2,1H3,(H,24,27)(H,25,26)/b23-15-. The van der Waals surface area contributed by atoms with Gasteiger partial charge in [-0.3, -0.25) is 4.79 Å². The number of carboxylic acid groups (broad SMARTS) is 1. The molecule has 30 heavy (non-hydrogen) atoms. The highest BCUT2D eigenvalue weighted by atomic mass is 16.5. The highest BCUT2D eigenvalue weighted by Gasteiger charge is 2.11. The maximum absolute atomic E-state index is 12.3. The van der Waals surface area contributed by atoms with Crippen molar-refractivity contribution >= 4 is 17.6 Å². The summed E-state index contributed by atoms with van der Waals surface area (Å²) in [5.41, 5.74) is 3.63. The molecule has 2 N–H and O–H groups in total. The van der Waals surface area contributed by atoms with Crippen molar-refractivity contribution < 1.29 is 28.6 Å². The minimum atomic E-state index is -1.06. The van der Waals surface area contributed by atoms with Gasteiger partial charge in [0.15, 0.2) is 12.4 Å². The number of ether oxygens (including phenoxy) is 2. The Labute approximate surface area is 172 Å². The highest BCUT2D eigenvalue weighted by Crippen LogP contribution is 2.15. The second kappa shape index (κ2) is 9.92. The number of hydrazone groups is 1. The summed E-state index contributed by atoms with van der Waals surface area (Å²) in [6, 6.07) is 19.2. The van der Waals surface area contributed by atoms with E-state index in [1.165, 1.54) is 0 Å². The van der Waals surface area contributed by atoms with Gasteiger partial charge in [-0.15, -0.1) is 0 Å². The van der Waals surface area contributed by atoms with Crippen LogP contribution in [-0.4, -0.2) is 29.3 Å². The van der Waals surface area contributed by atoms with Gasteiger partial charge in [0, 0.05) is 5.56 Å². The van der Waals surface area contributed by atoms with E-state index in [9.17, 15) is 9.59 Å². The van der Waals surface area contributed by atoms with Crippen molar-refractivity contribution in [2.75, 3.05) is 6.61 Å². The average Bonchev–Trinajstić information content (AvgIpc) is 3.24. The van der Waals surface area contributed by atoms with Crippen molar-refractivity contribution in [2.45, 2.75) is 13.5 Å². The molecule has 0 saturated heterocycles. The third-order valence-electron chi connectivity index (χ3n) is 3.95. The zero-order valence-corrected chi connectivity index (χ0v) is 16.2. The summed E-state index contributed by atoms with van der Waals surface area (Å²) in [6.45, 7) is 1.46. The summed E-state index contributed by atoms with van der Waals surface area (Å²) in [5, 5.41) is 12.8. The van der Waals surface area contributed by atoms with E-state index in [0.29, 0.717) is 28.5 Å². The zero-order valence-electron chi connectivity index (χ0n) is 16.2. The zero-order chi connectivity index (χ0) is 21.3. The van der Waals surface area contributed by atoms with Gasteiger partial charge in [-0.1, -0.05) is 30.3 Å². The molecule has 2 aromatic carbocycles. The fraction of sp³-hybridized carbons (Fsp3) is 0.136. The number of carboxylic acids is 1. The van der Waals surface area contributed by atoms with Gasteiger partial charge in [0.1, 0.15) is 23.9 Å². The molecule has 154 valence electrons. The van der Waals surface area contributed by atoms with Crippen molar-refractivity contribution in [3.8, 4) is 11.5 Å². The topological polar surface area (TPSA) is 110 Å². The smallest absolute Gasteiger partial charge is 0.341 e. The van der Waals surface area contributed by atoms with E-state index < -0.39 is 18.5 Å². The molecule has 0 spiro atoms. The molecular weight excluding hydrogens is 388 g/mol. The molecule has 3 aromatic rings. The van der Waals surface area contributed by atoms with Gasteiger partial charge >= 0.3 is 11.9 Å². The second-order valence-electron chi connectivity index (χ2n) is 6.22. The number of carbonyl (C=O) groups is 2. The van der Waals surface area contributed by atoms with Gasteiger partial charge in [0.2, 0.25) is 0 Å². The van der Waals surface area contributed by atoms with Gasteiger partial charge < -0.3 is 19.0 Å². The minimum absolute atomic E-state index is 0.108. The van der Waals surface area contributed by atoms with Crippen LogP contribution in [-0.2, 0) is 11.4 Å². The van der Waals surface area contributed by atoms with Crippen LogP contribution in [0.3, 0.4) is 0 Å². The van der Waals surface area contributed by atoms with Crippen molar-refractivity contribution in [2.24, 2.45) is 5.10 Å². The highest BCUT2D eigenvalue weighted by molar-refractivity contribution is 6.00. The van der Waals surface area contributed by atoms with E-state index in [4.69, 9.17) is 19.0 Å². The summed E-state index contributed by atoms with van der Waals surface area (Å²) in [5.74, 6) is 0.146. The molecule has 8 nitrogen and oxygen atoms in total. The molecule has 3 rings (SSSR count). The Bertz CT molecular complexity index is 1040. The summed E-state index contributed by atoms with van der Waals surface area (Å²) >= 11 is 0. The van der Waals surface area contributed by atoms with Gasteiger partial charge in [-0.25, -0.2) is 10.2 Å². The number of nitrogens with one attached hydrogen (secondary N) is 1. The van der Waals surface area contributed by atoms with Crippen LogP contribution in [0.25, 0.3) is 0 Å². The predicted molar refractivity (Wildman–Crippen MR) is 109 cm³/mol. The Kier molecular flexibility index (Phi) is 6.83. The molecule has 0 atom stereocenters. The second-order valence-corrected chi connectivity index (χ2v) is 6.22. The summed E-state index contributed by atoms with van der Waals surface area (Å²) in [7, 11) is 0. The molecule has 0 unspecified atom stereocenters. The lowest BCUT2D eigenvalue weighted by Gasteiger charge is -2.06. The third kappa shape index (κ3) is 5.96. The predicted octanol–water partition coefficient (Wildman–Crippen LogP) is 3.48. The van der Waals surface area contributed by atoms with Gasteiger partial charge in [-0.05, 0) is 43.3 Å². The molecular formula is C22H20N2O6. The van der Waals surface area contributed by atoms with E-state index in [1.54, 1.807) is 43.3 Å². The Balaban J connectivity index is 1.57. The number of hydrogen-bond donors (Lipinski definition) is 2. The molecule has 1 heterocycles. The lowest BCUT2D eigenvalue weighted by atomic mass is 10.1. The maximum atomic E-state index is 12.3. The van der Waals surface area contributed by atoms with Crippen molar-refractivity contribution in [1.29, 1.82) is 0 Å². The molecule has 0 saturated carbocycles. The van der Waals surface area contributed by atoms with Gasteiger partial charge in [0.05, 0.1) is 5.71 Å². The first-order chi connectivity index (χ1) is 14.5. The summed E-state index contributed by atoms with van der Waals surface area (Å²) in [4.78, 5) is 22.9. The van der Waals surface area contributed by atoms with Crippen LogP contribution in [0, 0.1) is 0 Å². The molecule has 1 amide bonds. The molecule has 0 bridgehead atoms. The van der Waals surface area contributed by atoms with Crippen LogP contribution in [0.1, 0.15) is 28.8 Å². The lowest BCUT2D eigenvalue weighted by molar-refractivity contribution is -0.139. The Morgan fingerprint density at radius 3 is 2.53 bits per heavy atom. The number of aliphatic carboxylic acids is 1. The van der Waals surface area contributed by atoms with Crippen LogP contribution >= 0.6 is 0 Å². The number of carbonyl (C=O) groups excluding carboxylic acids is 1. The lowest BCUT2D eigenvalue weighted by Crippen LogP contribution is -2.18. The molecule has 1 aromatic heterocycles. The number of para-hydroxylation sites is 1. The van der Waals surface area contributed by atoms with E-state index in [1.807, 2.05) is 30.3 Å². The molecule has 0 radical (unpaired) electrons. The molecule has 0 fully saturated rings. The fourth-order valence-corrected chi connectivity index (χ4v) is 2.46. The quantitative estimate of drug-likeness (QED) is 0.414. The van der Waals surface area contributed by atoms with Gasteiger partial charge in [-0.2, -0.15) is 5.10 Å². The number of furan rings is 1. The van der Waals surface area contributed by atoms with Crippen LogP contribution in [0.2, 0.25) is 0 Å². The summed E-state index contributed by atoms with van der Waals surface area (Å²) in [6.07, 6.45) is 0. The van der Waals surface area contributed by atoms with E-state index in [-0.39, 0.29) is 12.4 Å². The molecule has 0 aliphatic heterocycles. The Hall–Kier alpha value is -4.07. The SMILES string of the molecule is C/C(=N/NC(=O)c1ccc(COc2ccccc2)o1)c1cccc(OCC(=O)O)c1. The largest absolute Gasteiger partial charge is 0.486 e. The van der Waals surface area contributed by atoms with Crippen molar-refractivity contribution in [3.05, 3.63) is 83.8 Å². The first-order valence-electron chi connectivity index (χ1n) is 9.07. The van der Waals surface area contributed by atoms with Gasteiger partial charge in [0.25, 0.3) is 0 Å². The minimum Gasteiger partial charge on any atom is -0.486 e. The first kappa shape index (κ1) is 20.7. The number of benzene rings is 2. The fourth-order valence-electron chi connectivity index (χ4n) is 2.46. The van der Waals surface area contributed by atoms with Crippen LogP contribution in [0.5, 0.6) is 11.5 Å². The van der Waals surface area contributed by atoms with Crippen LogP contribution in [0.4, 0.5) is 0 Å². The monoisotopic (exact) mass is 408 g/mol. The van der Waals surface area contributed by atoms with E-state index in [0.717, 1.165) is 0 Å². The molecule has 0 aliphatic rings. The van der Waals surface area contributed by atoms with Crippen molar-refractivity contribution in [1.82, 2.24) is 5.43 Å². The van der Waals surface area contributed by atoms with Crippen LogP contribution < -0.4 is 14.9 Å². The Morgan fingerprint density at radius 1 is 1.00 bits per heavy atom. The first-order valence-corrected chi connectivity index (χ1v) is 9.07. The summed E-state index contributed by atoms with van der Waals surface area (Å²) < 4.78 is 16.2. The third-order valence-corrected chi connectivity index (χ3v) is 3.95. The maximum Gasteiger partial charge on any atom is 0.341 e. The Morgan fingerprint density at radius 2 is 1.77 bits per heavy atom. The van der Waals surface area contributed by atoms with Crippen molar-refractivity contribution in [3.63, 3.8) is 0 Å². The average molecular weight is 408 g/mol. The normalized spacial score (nSPS) is 11.0. The molecule has 8 heteroatoms. The number of hydrogen-bond acceptors (Lipinski definition) is 6. The number of rotatable bonds is 9. The number of nitrogens with zero attached hydrogens (tertiary/aromatic N) is 1. The van der Waals surface area contributed by atoms with E-state index >= 15 is 0 Å². The molecule has 0 aliphatic carbocycles. The number of amides is 1. The van der Waals surface area contributed by atoms with Crippen LogP contribution in [0.15, 0.2) is 76.2 Å². The van der Waals surface area contributed by atoms with E-state index in [2.05, 4.69) is 10.5 Å².